The number of fused-ring (bicyclic) bond motifs is 1. The van der Waals surface area contributed by atoms with Gasteiger partial charge in [-0.05, 0) is 13.8 Å². The van der Waals surface area contributed by atoms with Gasteiger partial charge in [0.15, 0.2) is 4.96 Å². The quantitative estimate of drug-likeness (QED) is 0.774. The van der Waals surface area contributed by atoms with Crippen molar-refractivity contribution < 1.29 is 0 Å². The number of imidazole rings is 1. The minimum absolute atomic E-state index is 0.00611. The Morgan fingerprint density at radius 3 is 2.89 bits per heavy atom. The van der Waals surface area contributed by atoms with Gasteiger partial charge in [0.05, 0.1) is 11.4 Å². The molecular weight excluding hydrogens is 280 g/mol. The number of hydrogen-bond donors (Lipinski definition) is 2. The molecule has 5 nitrogen and oxygen atoms in total. The van der Waals surface area contributed by atoms with Crippen LogP contribution in [0.4, 0.5) is 0 Å². The number of nitrogens with one attached hydrogen (secondary N) is 2. The molecule has 0 unspecified atom stereocenters. The molecule has 0 aliphatic rings. The minimum atomic E-state index is -0.00611. The van der Waals surface area contributed by atoms with Gasteiger partial charge in [-0.15, -0.1) is 11.3 Å². The monoisotopic (exact) mass is 294 g/mol. The summed E-state index contributed by atoms with van der Waals surface area (Å²) in [5.41, 5.74) is 4.38. The van der Waals surface area contributed by atoms with Crippen LogP contribution in [0.5, 0.6) is 0 Å². The van der Waals surface area contributed by atoms with Crippen LogP contribution in [-0.2, 0) is 13.1 Å². The molecule has 3 aromatic rings. The maximum Gasteiger partial charge on any atom is 0.304 e. The van der Waals surface area contributed by atoms with E-state index in [-0.39, 0.29) is 4.87 Å². The fraction of sp³-hybridized carbons (Fsp3) is 0.333. The summed E-state index contributed by atoms with van der Waals surface area (Å²) in [6.45, 7) is 5.52. The molecule has 3 heterocycles. The fourth-order valence-corrected chi connectivity index (χ4v) is 3.60. The Balaban J connectivity index is 1.76. The Bertz CT molecular complexity index is 764. The second-order valence-electron chi connectivity index (χ2n) is 4.42. The van der Waals surface area contributed by atoms with E-state index in [1.807, 2.05) is 12.3 Å². The van der Waals surface area contributed by atoms with E-state index >= 15 is 0 Å². The van der Waals surface area contributed by atoms with Crippen molar-refractivity contribution in [2.45, 2.75) is 26.9 Å². The predicted octanol–water partition coefficient (Wildman–Crippen LogP) is 2.05. The molecule has 0 aliphatic carbocycles. The summed E-state index contributed by atoms with van der Waals surface area (Å²) < 4.78 is 2.18. The number of rotatable bonds is 4. The van der Waals surface area contributed by atoms with E-state index in [4.69, 9.17) is 0 Å². The third-order valence-corrected chi connectivity index (χ3v) is 4.67. The Morgan fingerprint density at radius 1 is 1.32 bits per heavy atom. The summed E-state index contributed by atoms with van der Waals surface area (Å²) >= 11 is 2.86. The lowest BCUT2D eigenvalue weighted by Gasteiger charge is -2.04. The molecule has 7 heteroatoms. The summed E-state index contributed by atoms with van der Waals surface area (Å²) in [5, 5.41) is 7.31. The molecule has 0 radical (unpaired) electrons. The summed E-state index contributed by atoms with van der Waals surface area (Å²) in [5.74, 6) is 0. The zero-order valence-electron chi connectivity index (χ0n) is 10.7. The summed E-state index contributed by atoms with van der Waals surface area (Å²) in [4.78, 5) is 19.4. The first-order valence-electron chi connectivity index (χ1n) is 5.94. The average Bonchev–Trinajstić information content (AvgIpc) is 3.01. The van der Waals surface area contributed by atoms with Gasteiger partial charge in [0.2, 0.25) is 0 Å². The number of hydrogen-bond acceptors (Lipinski definition) is 5. The van der Waals surface area contributed by atoms with Crippen LogP contribution in [0.15, 0.2) is 15.6 Å². The van der Waals surface area contributed by atoms with Gasteiger partial charge in [-0.2, -0.15) is 0 Å². The van der Waals surface area contributed by atoms with Crippen LogP contribution < -0.4 is 10.2 Å². The van der Waals surface area contributed by atoms with Crippen molar-refractivity contribution in [3.63, 3.8) is 0 Å². The van der Waals surface area contributed by atoms with Crippen molar-refractivity contribution in [1.29, 1.82) is 0 Å². The molecule has 3 rings (SSSR count). The van der Waals surface area contributed by atoms with Crippen LogP contribution in [0.3, 0.4) is 0 Å². The van der Waals surface area contributed by atoms with Gasteiger partial charge in [0.25, 0.3) is 0 Å². The van der Waals surface area contributed by atoms with Crippen molar-refractivity contribution in [2.75, 3.05) is 0 Å². The van der Waals surface area contributed by atoms with Gasteiger partial charge in [-0.25, -0.2) is 4.98 Å². The first kappa shape index (κ1) is 12.6. The molecule has 0 aromatic carbocycles. The smallest absolute Gasteiger partial charge is 0.304 e. The molecule has 3 aromatic heterocycles. The molecule has 0 saturated carbocycles. The molecule has 2 N–H and O–H groups in total. The van der Waals surface area contributed by atoms with Gasteiger partial charge in [0, 0.05) is 35.2 Å². The largest absolute Gasteiger partial charge is 0.315 e. The highest BCUT2D eigenvalue weighted by Gasteiger charge is 2.11. The van der Waals surface area contributed by atoms with Crippen LogP contribution in [-0.4, -0.2) is 14.4 Å². The second kappa shape index (κ2) is 4.92. The normalized spacial score (nSPS) is 11.5. The molecule has 19 heavy (non-hydrogen) atoms. The van der Waals surface area contributed by atoms with Crippen molar-refractivity contribution in [3.05, 3.63) is 43.2 Å². The lowest BCUT2D eigenvalue weighted by Crippen LogP contribution is -2.16. The lowest BCUT2D eigenvalue weighted by atomic mass is 10.3. The van der Waals surface area contributed by atoms with E-state index in [0.717, 1.165) is 22.9 Å². The van der Waals surface area contributed by atoms with Crippen molar-refractivity contribution in [2.24, 2.45) is 0 Å². The second-order valence-corrected chi connectivity index (χ2v) is 6.09. The van der Waals surface area contributed by atoms with Crippen molar-refractivity contribution >= 4 is 27.6 Å². The molecule has 100 valence electrons. The maximum atomic E-state index is 11.0. The van der Waals surface area contributed by atoms with Crippen LogP contribution in [0.1, 0.15) is 22.8 Å². The van der Waals surface area contributed by atoms with E-state index in [1.54, 1.807) is 11.3 Å². The van der Waals surface area contributed by atoms with Gasteiger partial charge in [0.1, 0.15) is 0 Å². The van der Waals surface area contributed by atoms with Crippen LogP contribution in [0, 0.1) is 13.8 Å². The predicted molar refractivity (Wildman–Crippen MR) is 78.0 cm³/mol. The number of aromatic amines is 1. The third kappa shape index (κ3) is 2.36. The standard InChI is InChI=1S/C12H14N4OS2/c1-7-5-18-11-14-8(2)10(16(7)11)4-13-3-9-6-19-12(17)15-9/h5-6,13H,3-4H2,1-2H3,(H,15,17). The van der Waals surface area contributed by atoms with Gasteiger partial charge in [-0.3, -0.25) is 9.20 Å². The highest BCUT2D eigenvalue weighted by Crippen LogP contribution is 2.20. The van der Waals surface area contributed by atoms with E-state index in [0.29, 0.717) is 6.54 Å². The Hall–Kier alpha value is -1.44. The summed E-state index contributed by atoms with van der Waals surface area (Å²) in [6, 6.07) is 0. The van der Waals surface area contributed by atoms with Crippen molar-refractivity contribution in [1.82, 2.24) is 19.7 Å². The Morgan fingerprint density at radius 2 is 2.16 bits per heavy atom. The van der Waals surface area contributed by atoms with E-state index < -0.39 is 0 Å². The molecule has 0 bridgehead atoms. The third-order valence-electron chi connectivity index (χ3n) is 3.01. The number of H-pyrrole nitrogens is 1. The average molecular weight is 294 g/mol. The summed E-state index contributed by atoms with van der Waals surface area (Å²) in [7, 11) is 0. The fourth-order valence-electron chi connectivity index (χ4n) is 2.09. The van der Waals surface area contributed by atoms with Gasteiger partial charge < -0.3 is 10.3 Å². The van der Waals surface area contributed by atoms with E-state index in [2.05, 4.69) is 32.0 Å². The van der Waals surface area contributed by atoms with Crippen LogP contribution in [0.2, 0.25) is 0 Å². The van der Waals surface area contributed by atoms with Crippen LogP contribution >= 0.6 is 22.7 Å². The topological polar surface area (TPSA) is 62.2 Å². The highest BCUT2D eigenvalue weighted by atomic mass is 32.1. The first-order valence-corrected chi connectivity index (χ1v) is 7.70. The number of aryl methyl sites for hydroxylation is 2. The zero-order chi connectivity index (χ0) is 13.4. The maximum absolute atomic E-state index is 11.0. The Kier molecular flexibility index (Phi) is 3.26. The first-order chi connectivity index (χ1) is 9.15. The summed E-state index contributed by atoms with van der Waals surface area (Å²) in [6.07, 6.45) is 0. The van der Waals surface area contributed by atoms with Gasteiger partial charge >= 0.3 is 4.87 Å². The molecular formula is C12H14N4OS2. The molecule has 0 saturated heterocycles. The SMILES string of the molecule is Cc1nc2scc(C)n2c1CNCc1csc(=O)[nH]1. The minimum Gasteiger partial charge on any atom is -0.315 e. The zero-order valence-corrected chi connectivity index (χ0v) is 12.3. The number of nitrogens with zero attached hydrogens (tertiary/aromatic N) is 2. The lowest BCUT2D eigenvalue weighted by molar-refractivity contribution is 0.661. The van der Waals surface area contributed by atoms with Crippen LogP contribution in [0.25, 0.3) is 4.96 Å². The van der Waals surface area contributed by atoms with Crippen molar-refractivity contribution in [3.8, 4) is 0 Å². The number of thiazole rings is 2. The van der Waals surface area contributed by atoms with Gasteiger partial charge in [-0.1, -0.05) is 11.3 Å². The van der Waals surface area contributed by atoms with E-state index in [1.165, 1.54) is 22.7 Å². The molecule has 0 atom stereocenters. The molecule has 0 amide bonds. The number of aromatic nitrogens is 3. The highest BCUT2D eigenvalue weighted by molar-refractivity contribution is 7.15. The molecule has 0 fully saturated rings. The molecule has 0 aliphatic heterocycles. The molecule has 0 spiro atoms. The van der Waals surface area contributed by atoms with E-state index in [9.17, 15) is 4.79 Å². The Labute approximate surface area is 117 Å².